The highest BCUT2D eigenvalue weighted by molar-refractivity contribution is 6.19. The molecule has 3 aromatic carbocycles. The summed E-state index contributed by atoms with van der Waals surface area (Å²) >= 11 is 0. The van der Waals surface area contributed by atoms with E-state index in [1.165, 1.54) is 12.1 Å². The van der Waals surface area contributed by atoms with E-state index in [1.54, 1.807) is 29.3 Å². The second-order valence-corrected chi connectivity index (χ2v) is 8.34. The Balaban J connectivity index is 1.57. The zero-order chi connectivity index (χ0) is 22.7. The van der Waals surface area contributed by atoms with E-state index in [4.69, 9.17) is 4.99 Å². The summed E-state index contributed by atoms with van der Waals surface area (Å²) in [6, 6.07) is 25.3. The van der Waals surface area contributed by atoms with E-state index in [2.05, 4.69) is 0 Å². The Bertz CT molecular complexity index is 1320. The number of likely N-dealkylation sites (N-methyl/N-ethyl adjacent to an activating group) is 1. The van der Waals surface area contributed by atoms with Gasteiger partial charge in [0.25, 0.3) is 11.8 Å². The van der Waals surface area contributed by atoms with Crippen molar-refractivity contribution in [1.82, 2.24) is 9.91 Å². The van der Waals surface area contributed by atoms with Gasteiger partial charge in [0, 0.05) is 23.7 Å². The number of hydrazine groups is 1. The van der Waals surface area contributed by atoms with E-state index in [0.717, 1.165) is 27.4 Å². The van der Waals surface area contributed by atoms with Crippen molar-refractivity contribution >= 4 is 29.1 Å². The Morgan fingerprint density at radius 1 is 0.818 bits per heavy atom. The minimum Gasteiger partial charge on any atom is -0.283 e. The third-order valence-corrected chi connectivity index (χ3v) is 6.55. The van der Waals surface area contributed by atoms with Gasteiger partial charge >= 0.3 is 0 Å². The molecule has 3 aromatic rings. The smallest absolute Gasteiger partial charge is 0.273 e. The van der Waals surface area contributed by atoms with Gasteiger partial charge in [-0.25, -0.2) is 5.01 Å². The Morgan fingerprint density at radius 2 is 1.45 bits per heavy atom. The van der Waals surface area contributed by atoms with Gasteiger partial charge in [0.2, 0.25) is 5.91 Å². The molecule has 3 aliphatic rings. The number of amides is 3. The van der Waals surface area contributed by atoms with Crippen molar-refractivity contribution in [3.63, 3.8) is 0 Å². The maximum atomic E-state index is 13.7. The van der Waals surface area contributed by atoms with Crippen LogP contribution >= 0.6 is 0 Å². The van der Waals surface area contributed by atoms with Crippen molar-refractivity contribution < 1.29 is 14.4 Å². The average Bonchev–Trinajstić information content (AvgIpc) is 3.32. The van der Waals surface area contributed by atoms with Crippen molar-refractivity contribution in [3.05, 3.63) is 102 Å². The molecule has 0 saturated carbocycles. The largest absolute Gasteiger partial charge is 0.283 e. The second-order valence-electron chi connectivity index (χ2n) is 8.34. The maximum absolute atomic E-state index is 13.7. The van der Waals surface area contributed by atoms with Crippen molar-refractivity contribution in [1.29, 1.82) is 0 Å². The third kappa shape index (κ3) is 2.68. The van der Waals surface area contributed by atoms with E-state index in [0.29, 0.717) is 5.56 Å². The van der Waals surface area contributed by atoms with Crippen LogP contribution in [0.4, 0.5) is 5.69 Å². The number of hydrogen-bond donors (Lipinski definition) is 0. The van der Waals surface area contributed by atoms with Crippen LogP contribution in [0.15, 0.2) is 89.9 Å². The molecule has 0 aromatic heterocycles. The molecule has 7 nitrogen and oxygen atoms in total. The zero-order valence-corrected chi connectivity index (χ0v) is 17.8. The van der Waals surface area contributed by atoms with Crippen LogP contribution in [-0.2, 0) is 9.59 Å². The summed E-state index contributed by atoms with van der Waals surface area (Å²) < 4.78 is 0. The van der Waals surface area contributed by atoms with Crippen molar-refractivity contribution in [3.8, 4) is 0 Å². The summed E-state index contributed by atoms with van der Waals surface area (Å²) in [6.07, 6.45) is -0.700. The fourth-order valence-corrected chi connectivity index (χ4v) is 5.01. The molecule has 33 heavy (non-hydrogen) atoms. The summed E-state index contributed by atoms with van der Waals surface area (Å²) in [5.74, 6) is -1.82. The van der Waals surface area contributed by atoms with Crippen LogP contribution < -0.4 is 5.01 Å². The van der Waals surface area contributed by atoms with Gasteiger partial charge in [0.05, 0.1) is 11.4 Å². The van der Waals surface area contributed by atoms with Crippen LogP contribution in [0, 0.1) is 5.92 Å². The Hall–Kier alpha value is -4.26. The van der Waals surface area contributed by atoms with Crippen LogP contribution in [0.5, 0.6) is 0 Å². The van der Waals surface area contributed by atoms with Gasteiger partial charge in [-0.1, -0.05) is 66.7 Å². The van der Waals surface area contributed by atoms with Crippen LogP contribution in [0.25, 0.3) is 0 Å². The van der Waals surface area contributed by atoms with Gasteiger partial charge in [0.1, 0.15) is 12.0 Å². The number of likely N-dealkylation sites (tertiary alicyclic amines) is 1. The predicted molar refractivity (Wildman–Crippen MR) is 122 cm³/mol. The molecule has 7 heteroatoms. The average molecular weight is 436 g/mol. The number of hydrogen-bond acceptors (Lipinski definition) is 5. The number of fused-ring (bicyclic) bond motifs is 5. The molecule has 0 radical (unpaired) electrons. The van der Waals surface area contributed by atoms with Gasteiger partial charge in [-0.15, -0.1) is 0 Å². The topological polar surface area (TPSA) is 73.3 Å². The van der Waals surface area contributed by atoms with Gasteiger partial charge < -0.3 is 0 Å². The van der Waals surface area contributed by atoms with Crippen LogP contribution in [0.1, 0.15) is 21.5 Å². The molecular formula is C26H20N4O3. The molecule has 2 fully saturated rings. The number of carbonyl (C=O) groups excluding carboxylic acids is 3. The first kappa shape index (κ1) is 19.4. The number of rotatable bonds is 2. The molecule has 3 amide bonds. The number of imide groups is 1. The van der Waals surface area contributed by atoms with E-state index in [1.807, 2.05) is 60.7 Å². The molecule has 0 aliphatic carbocycles. The quantitative estimate of drug-likeness (QED) is 0.579. The summed E-state index contributed by atoms with van der Waals surface area (Å²) in [5, 5.41) is 3.19. The molecule has 0 spiro atoms. The minimum absolute atomic E-state index is 0.320. The van der Waals surface area contributed by atoms with E-state index >= 15 is 0 Å². The number of benzene rings is 3. The molecule has 3 aliphatic heterocycles. The minimum atomic E-state index is -0.938. The predicted octanol–water partition coefficient (Wildman–Crippen LogP) is 2.72. The second kappa shape index (κ2) is 7.13. The SMILES string of the molecule is CN1C(=O)C2C(C1=O)N(C(=O)c1ccccc1)N1c3ccccc3C(c3ccccc3)=NC21. The number of carbonyl (C=O) groups is 3. The molecule has 3 atom stereocenters. The van der Waals surface area contributed by atoms with Crippen LogP contribution in [-0.4, -0.2) is 52.6 Å². The Kier molecular flexibility index (Phi) is 4.20. The standard InChI is InChI=1S/C26H20N4O3/c1-28-25(32)20-22(26(28)33)30(24(31)17-12-6-3-7-13-17)29-19-15-9-8-14-18(19)21(27-23(20)29)16-10-4-2-5-11-16/h2-15,20,22-23H,1H3. The highest BCUT2D eigenvalue weighted by Gasteiger charge is 2.63. The Labute approximate surface area is 190 Å². The zero-order valence-electron chi connectivity index (χ0n) is 17.8. The molecule has 162 valence electrons. The summed E-state index contributed by atoms with van der Waals surface area (Å²) in [6.45, 7) is 0. The molecule has 3 heterocycles. The maximum Gasteiger partial charge on any atom is 0.273 e. The van der Waals surface area contributed by atoms with E-state index in [9.17, 15) is 14.4 Å². The highest BCUT2D eigenvalue weighted by atomic mass is 16.2. The fourth-order valence-electron chi connectivity index (χ4n) is 5.01. The van der Waals surface area contributed by atoms with Gasteiger partial charge in [-0.2, -0.15) is 0 Å². The van der Waals surface area contributed by atoms with Gasteiger partial charge in [-0.05, 0) is 18.2 Å². The monoisotopic (exact) mass is 436 g/mol. The first-order valence-electron chi connectivity index (χ1n) is 10.8. The number of anilines is 1. The lowest BCUT2D eigenvalue weighted by atomic mass is 9.95. The van der Waals surface area contributed by atoms with E-state index in [-0.39, 0.29) is 11.8 Å². The molecule has 6 rings (SSSR count). The van der Waals surface area contributed by atoms with Gasteiger partial charge in [-0.3, -0.25) is 29.3 Å². The van der Waals surface area contributed by atoms with Gasteiger partial charge in [0.15, 0.2) is 6.17 Å². The molecular weight excluding hydrogens is 416 g/mol. The first-order valence-corrected chi connectivity index (χ1v) is 10.8. The first-order chi connectivity index (χ1) is 16.1. The Morgan fingerprint density at radius 3 is 2.18 bits per heavy atom. The van der Waals surface area contributed by atoms with Crippen LogP contribution in [0.2, 0.25) is 0 Å². The molecule has 0 N–H and O–H groups in total. The lowest BCUT2D eigenvalue weighted by molar-refractivity contribution is -0.139. The summed E-state index contributed by atoms with van der Waals surface area (Å²) in [7, 11) is 1.47. The lowest BCUT2D eigenvalue weighted by Gasteiger charge is -2.39. The lowest BCUT2D eigenvalue weighted by Crippen LogP contribution is -2.53. The van der Waals surface area contributed by atoms with E-state index < -0.39 is 24.0 Å². The third-order valence-electron chi connectivity index (χ3n) is 6.55. The fraction of sp³-hybridized carbons (Fsp3) is 0.154. The highest BCUT2D eigenvalue weighted by Crippen LogP contribution is 2.45. The number of aliphatic imine (C=N–C) groups is 1. The van der Waals surface area contributed by atoms with Crippen molar-refractivity contribution in [2.24, 2.45) is 10.9 Å². The van der Waals surface area contributed by atoms with Crippen molar-refractivity contribution in [2.75, 3.05) is 12.1 Å². The number of para-hydroxylation sites is 1. The molecule has 2 saturated heterocycles. The van der Waals surface area contributed by atoms with Crippen molar-refractivity contribution in [2.45, 2.75) is 12.2 Å². The number of nitrogens with zero attached hydrogens (tertiary/aromatic N) is 4. The molecule has 0 bridgehead atoms. The normalized spacial score (nSPS) is 23.2. The summed E-state index contributed by atoms with van der Waals surface area (Å²) in [4.78, 5) is 46.2. The molecule has 3 unspecified atom stereocenters. The van der Waals surface area contributed by atoms with Crippen LogP contribution in [0.3, 0.4) is 0 Å². The summed E-state index contributed by atoms with van der Waals surface area (Å²) in [5.41, 5.74) is 3.70.